The molecule has 0 bridgehead atoms. The minimum Gasteiger partial charge on any atom is -0.569 e. The first-order valence-corrected chi connectivity index (χ1v) is 3.90. The molecule has 0 aliphatic rings. The molecule has 0 aromatic carbocycles. The summed E-state index contributed by atoms with van der Waals surface area (Å²) >= 11 is 0. The second kappa shape index (κ2) is 6.66. The van der Waals surface area contributed by atoms with Crippen molar-refractivity contribution in [3.05, 3.63) is 5.21 Å². The molecule has 0 fully saturated rings. The van der Waals surface area contributed by atoms with Crippen LogP contribution in [0.15, 0.2) is 5.28 Å². The molecule has 0 unspecified atom stereocenters. The Kier molecular flexibility index (Phi) is 6.08. The number of hydrogen-bond donors (Lipinski definition) is 2. The molecule has 0 aromatic rings. The Morgan fingerprint density at radius 1 is 1.58 bits per heavy atom. The van der Waals surface area contributed by atoms with Crippen LogP contribution in [0.4, 0.5) is 0 Å². The summed E-state index contributed by atoms with van der Waals surface area (Å²) in [4.78, 5) is 0.166. The molecular weight excluding hydrogens is 160 g/mol. The molecule has 12 heavy (non-hydrogen) atoms. The number of nitrogens with one attached hydrogen (secondary N) is 1. The molecule has 0 aliphatic carbocycles. The van der Waals surface area contributed by atoms with Crippen LogP contribution in [0.2, 0.25) is 0 Å². The Morgan fingerprint density at radius 3 is 2.75 bits per heavy atom. The number of hydrogen-bond acceptors (Lipinski definition) is 3. The van der Waals surface area contributed by atoms with Crippen molar-refractivity contribution in [3.63, 3.8) is 0 Å². The minimum absolute atomic E-state index is 0.166. The quantitative estimate of drug-likeness (QED) is 0.262. The molecule has 0 aliphatic heterocycles. The summed E-state index contributed by atoms with van der Waals surface area (Å²) in [5.74, 6) is 0. The Bertz CT molecular complexity index is 140. The summed E-state index contributed by atoms with van der Waals surface area (Å²) in [5, 5.41) is 25.5. The molecular formula is C6H16N4O2. The van der Waals surface area contributed by atoms with Crippen LogP contribution >= 0.6 is 0 Å². The van der Waals surface area contributed by atoms with Crippen molar-refractivity contribution >= 4 is 0 Å². The number of unbranched alkanes of at least 4 members (excludes halogenated alkanes) is 1. The van der Waals surface area contributed by atoms with E-state index in [0.29, 0.717) is 6.54 Å². The summed E-state index contributed by atoms with van der Waals surface area (Å²) in [6.07, 6.45) is 1.89. The molecule has 0 aromatic heterocycles. The highest BCUT2D eigenvalue weighted by molar-refractivity contribution is 4.44. The summed E-state index contributed by atoms with van der Waals surface area (Å²) in [6, 6.07) is 0. The van der Waals surface area contributed by atoms with E-state index in [2.05, 4.69) is 10.6 Å². The predicted octanol–water partition coefficient (Wildman–Crippen LogP) is 0.184. The molecule has 0 radical (unpaired) electrons. The Labute approximate surface area is 72.0 Å². The van der Waals surface area contributed by atoms with E-state index in [9.17, 15) is 5.21 Å². The largest absolute Gasteiger partial charge is 0.569 e. The van der Waals surface area contributed by atoms with Gasteiger partial charge in [0.05, 0.1) is 18.6 Å². The molecule has 2 N–H and O–H groups in total. The van der Waals surface area contributed by atoms with Crippen LogP contribution in [0.5, 0.6) is 0 Å². The van der Waals surface area contributed by atoms with Crippen LogP contribution in [0.1, 0.15) is 12.8 Å². The van der Waals surface area contributed by atoms with E-state index >= 15 is 0 Å². The van der Waals surface area contributed by atoms with Crippen LogP contribution in [-0.4, -0.2) is 42.4 Å². The number of nitrogens with zero attached hydrogens (tertiary/aromatic N) is 3. The molecule has 0 saturated carbocycles. The third-order valence-electron chi connectivity index (χ3n) is 1.53. The van der Waals surface area contributed by atoms with Crippen LogP contribution in [0.3, 0.4) is 0 Å². The topological polar surface area (TPSA) is 73.9 Å². The van der Waals surface area contributed by atoms with Gasteiger partial charge in [0.2, 0.25) is 5.28 Å². The molecule has 0 saturated heterocycles. The van der Waals surface area contributed by atoms with E-state index in [1.807, 2.05) is 7.05 Å². The van der Waals surface area contributed by atoms with E-state index < -0.39 is 0 Å². The fraction of sp³-hybridized carbons (Fsp3) is 1.00. The van der Waals surface area contributed by atoms with Gasteiger partial charge in [-0.05, 0) is 26.4 Å². The van der Waals surface area contributed by atoms with Crippen LogP contribution in [-0.2, 0) is 0 Å². The maximum atomic E-state index is 10.6. The molecule has 0 rings (SSSR count). The van der Waals surface area contributed by atoms with Gasteiger partial charge in [-0.2, -0.15) is 0 Å². The number of hydrazine groups is 1. The zero-order chi connectivity index (χ0) is 9.40. The average molecular weight is 176 g/mol. The van der Waals surface area contributed by atoms with Crippen LogP contribution in [0.25, 0.3) is 0 Å². The Balaban J connectivity index is 3.37. The second-order valence-corrected chi connectivity index (χ2v) is 2.53. The highest BCUT2D eigenvalue weighted by atomic mass is 16.6. The van der Waals surface area contributed by atoms with Crippen molar-refractivity contribution in [2.45, 2.75) is 12.8 Å². The lowest BCUT2D eigenvalue weighted by molar-refractivity contribution is -0.704. The summed E-state index contributed by atoms with van der Waals surface area (Å²) in [6.45, 7) is 1.53. The molecule has 72 valence electrons. The fourth-order valence-electron chi connectivity index (χ4n) is 0.796. The van der Waals surface area contributed by atoms with Gasteiger partial charge < -0.3 is 15.7 Å². The summed E-state index contributed by atoms with van der Waals surface area (Å²) in [7, 11) is 3.46. The summed E-state index contributed by atoms with van der Waals surface area (Å²) < 4.78 is 0. The summed E-state index contributed by atoms with van der Waals surface area (Å²) in [5.41, 5.74) is 0. The van der Waals surface area contributed by atoms with Gasteiger partial charge >= 0.3 is 0 Å². The van der Waals surface area contributed by atoms with Crippen molar-refractivity contribution in [1.82, 2.24) is 10.3 Å². The first kappa shape index (κ1) is 11.0. The zero-order valence-electron chi connectivity index (χ0n) is 7.53. The minimum atomic E-state index is 0.166. The molecule has 6 nitrogen and oxygen atoms in total. The first-order valence-electron chi connectivity index (χ1n) is 3.90. The highest BCUT2D eigenvalue weighted by Gasteiger charge is 2.03. The first-order chi connectivity index (χ1) is 5.72. The van der Waals surface area contributed by atoms with Crippen molar-refractivity contribution in [3.8, 4) is 0 Å². The maximum absolute atomic E-state index is 10.6. The third-order valence-corrected chi connectivity index (χ3v) is 1.53. The smallest absolute Gasteiger partial charge is 0.230 e. The molecule has 0 atom stereocenters. The van der Waals surface area contributed by atoms with Crippen LogP contribution in [0, 0.1) is 5.21 Å². The van der Waals surface area contributed by atoms with Gasteiger partial charge in [-0.3, -0.25) is 0 Å². The number of rotatable bonds is 6. The lowest BCUT2D eigenvalue weighted by atomic mass is 10.3. The molecule has 0 amide bonds. The van der Waals surface area contributed by atoms with Gasteiger partial charge in [0.25, 0.3) is 0 Å². The Hall–Kier alpha value is -1.04. The van der Waals surface area contributed by atoms with Crippen molar-refractivity contribution in [2.24, 2.45) is 5.28 Å². The van der Waals surface area contributed by atoms with Gasteiger partial charge in [0.15, 0.2) is 0 Å². The van der Waals surface area contributed by atoms with Gasteiger partial charge in [0.1, 0.15) is 0 Å². The normalized spacial score (nSPS) is 11.7. The maximum Gasteiger partial charge on any atom is 0.230 e. The highest BCUT2D eigenvalue weighted by Crippen LogP contribution is 1.92. The molecule has 6 heteroatoms. The molecule has 0 spiro atoms. The van der Waals surface area contributed by atoms with Gasteiger partial charge in [-0.1, -0.05) is 0 Å². The predicted molar refractivity (Wildman–Crippen MR) is 43.6 cm³/mol. The average Bonchev–Trinajstić information content (AvgIpc) is 2.10. The zero-order valence-corrected chi connectivity index (χ0v) is 7.53. The van der Waals surface area contributed by atoms with E-state index in [0.717, 1.165) is 19.4 Å². The standard InChI is InChI=1S/C6H16N4O2/c1-7-5-3-4-6-9(2)10(12)8-11/h7,11H,3-6H2,1-2H3. The van der Waals surface area contributed by atoms with Crippen molar-refractivity contribution < 1.29 is 10.2 Å². The van der Waals surface area contributed by atoms with Gasteiger partial charge in [-0.15, -0.1) is 5.01 Å². The SMILES string of the molecule is CNCCCCN(C)[N+]([O-])=NO. The van der Waals surface area contributed by atoms with Gasteiger partial charge in [-0.25, -0.2) is 0 Å². The van der Waals surface area contributed by atoms with Crippen molar-refractivity contribution in [1.29, 1.82) is 0 Å². The second-order valence-electron chi connectivity index (χ2n) is 2.53. The monoisotopic (exact) mass is 176 g/mol. The molecule has 0 heterocycles. The van der Waals surface area contributed by atoms with E-state index in [4.69, 9.17) is 5.21 Å². The van der Waals surface area contributed by atoms with Crippen LogP contribution < -0.4 is 5.32 Å². The van der Waals surface area contributed by atoms with Crippen molar-refractivity contribution in [2.75, 3.05) is 27.2 Å². The van der Waals surface area contributed by atoms with E-state index in [1.165, 1.54) is 5.01 Å². The fourth-order valence-corrected chi connectivity index (χ4v) is 0.796. The van der Waals surface area contributed by atoms with E-state index in [-0.39, 0.29) is 4.97 Å². The third kappa shape index (κ3) is 4.73. The lowest BCUT2D eigenvalue weighted by Crippen LogP contribution is -2.27. The van der Waals surface area contributed by atoms with E-state index in [1.54, 1.807) is 7.05 Å². The van der Waals surface area contributed by atoms with Gasteiger partial charge in [0, 0.05) is 0 Å². The Morgan fingerprint density at radius 2 is 2.25 bits per heavy atom. The lowest BCUT2D eigenvalue weighted by Gasteiger charge is -2.11.